The molecule has 0 spiro atoms. The van der Waals surface area contributed by atoms with Gasteiger partial charge in [0.1, 0.15) is 6.20 Å². The Balaban J connectivity index is 2.36. The quantitative estimate of drug-likeness (QED) is 0.550. The number of nitrogens with zero attached hydrogens (tertiary/aromatic N) is 3. The predicted octanol–water partition coefficient (Wildman–Crippen LogP) is 2.05. The summed E-state index contributed by atoms with van der Waals surface area (Å²) in [6.07, 6.45) is 2.88. The Morgan fingerprint density at radius 2 is 1.87 bits per heavy atom. The minimum atomic E-state index is -0.477. The summed E-state index contributed by atoms with van der Waals surface area (Å²) in [6.45, 7) is 0. The van der Waals surface area contributed by atoms with E-state index in [2.05, 4.69) is 9.97 Å². The van der Waals surface area contributed by atoms with Gasteiger partial charge in [-0.3, -0.25) is 15.1 Å². The van der Waals surface area contributed by atoms with Crippen LogP contribution in [0.15, 0.2) is 42.7 Å². The van der Waals surface area contributed by atoms with Crippen molar-refractivity contribution < 1.29 is 4.92 Å². The molecule has 0 radical (unpaired) electrons. The van der Waals surface area contributed by atoms with E-state index >= 15 is 0 Å². The van der Waals surface area contributed by atoms with Crippen LogP contribution >= 0.6 is 0 Å². The monoisotopic (exact) mass is 201 g/mol. The number of hydrogen-bond donors (Lipinski definition) is 0. The van der Waals surface area contributed by atoms with Gasteiger partial charge in [-0.15, -0.1) is 0 Å². The summed E-state index contributed by atoms with van der Waals surface area (Å²) in [6, 6.07) is 8.44. The summed E-state index contributed by atoms with van der Waals surface area (Å²) in [5, 5.41) is 10.4. The van der Waals surface area contributed by atoms with E-state index in [1.807, 2.05) is 6.07 Å². The maximum Gasteiger partial charge on any atom is 0.287 e. The lowest BCUT2D eigenvalue weighted by Crippen LogP contribution is -1.91. The summed E-state index contributed by atoms with van der Waals surface area (Å²) in [4.78, 5) is 18.0. The highest BCUT2D eigenvalue weighted by Gasteiger charge is 2.06. The van der Waals surface area contributed by atoms with Crippen molar-refractivity contribution in [2.45, 2.75) is 0 Å². The van der Waals surface area contributed by atoms with Crippen LogP contribution < -0.4 is 0 Å². The van der Waals surface area contributed by atoms with Crippen LogP contribution in [0.2, 0.25) is 0 Å². The van der Waals surface area contributed by atoms with Gasteiger partial charge in [-0.05, 0) is 18.2 Å². The molecule has 0 N–H and O–H groups in total. The van der Waals surface area contributed by atoms with Gasteiger partial charge in [-0.25, -0.2) is 4.98 Å². The standard InChI is InChI=1S/C10H7N3O2/c14-13(15)8-4-5-10(12-7-8)9-3-1-2-6-11-9/h1-7H. The first kappa shape index (κ1) is 9.26. The highest BCUT2D eigenvalue weighted by molar-refractivity contribution is 5.54. The van der Waals surface area contributed by atoms with Crippen LogP contribution in [0, 0.1) is 10.1 Å². The summed E-state index contributed by atoms with van der Waals surface area (Å²) in [5.74, 6) is 0. The van der Waals surface area contributed by atoms with E-state index < -0.39 is 4.92 Å². The van der Waals surface area contributed by atoms with E-state index in [1.165, 1.54) is 12.3 Å². The topological polar surface area (TPSA) is 68.9 Å². The van der Waals surface area contributed by atoms with Gasteiger partial charge in [0.25, 0.3) is 5.69 Å². The van der Waals surface area contributed by atoms with Gasteiger partial charge < -0.3 is 0 Å². The Kier molecular flexibility index (Phi) is 2.37. The first-order chi connectivity index (χ1) is 7.27. The van der Waals surface area contributed by atoms with Crippen LogP contribution in [-0.4, -0.2) is 14.9 Å². The first-order valence-electron chi connectivity index (χ1n) is 4.29. The largest absolute Gasteiger partial charge is 0.287 e. The molecule has 0 aliphatic heterocycles. The number of nitro groups is 1. The molecule has 2 aromatic rings. The zero-order valence-electron chi connectivity index (χ0n) is 7.70. The van der Waals surface area contributed by atoms with Gasteiger partial charge in [-0.1, -0.05) is 6.07 Å². The van der Waals surface area contributed by atoms with E-state index in [4.69, 9.17) is 0 Å². The van der Waals surface area contributed by atoms with Crippen LogP contribution in [0.3, 0.4) is 0 Å². The van der Waals surface area contributed by atoms with Gasteiger partial charge in [0.2, 0.25) is 0 Å². The molecule has 2 aromatic heterocycles. The summed E-state index contributed by atoms with van der Waals surface area (Å²) in [7, 11) is 0. The van der Waals surface area contributed by atoms with Crippen molar-refractivity contribution in [1.29, 1.82) is 0 Å². The second-order valence-corrected chi connectivity index (χ2v) is 2.87. The average molecular weight is 201 g/mol. The molecular weight excluding hydrogens is 194 g/mol. The summed E-state index contributed by atoms with van der Waals surface area (Å²) in [5.41, 5.74) is 1.31. The number of rotatable bonds is 2. The first-order valence-corrected chi connectivity index (χ1v) is 4.29. The number of aromatic nitrogens is 2. The van der Waals surface area contributed by atoms with Crippen molar-refractivity contribution in [3.63, 3.8) is 0 Å². The van der Waals surface area contributed by atoms with E-state index in [1.54, 1.807) is 24.4 Å². The van der Waals surface area contributed by atoms with Gasteiger partial charge in [0.15, 0.2) is 0 Å². The Bertz CT molecular complexity index is 468. The summed E-state index contributed by atoms with van der Waals surface area (Å²) >= 11 is 0. The molecule has 0 aliphatic carbocycles. The van der Waals surface area contributed by atoms with Gasteiger partial charge in [0, 0.05) is 12.3 Å². The molecule has 0 aromatic carbocycles. The normalized spacial score (nSPS) is 9.87. The minimum Gasteiger partial charge on any atom is -0.258 e. The van der Waals surface area contributed by atoms with Crippen LogP contribution in [0.1, 0.15) is 0 Å². The van der Waals surface area contributed by atoms with Crippen molar-refractivity contribution in [1.82, 2.24) is 9.97 Å². The van der Waals surface area contributed by atoms with Gasteiger partial charge >= 0.3 is 0 Å². The van der Waals surface area contributed by atoms with E-state index in [9.17, 15) is 10.1 Å². The maximum absolute atomic E-state index is 10.4. The molecule has 0 fully saturated rings. The molecule has 74 valence electrons. The lowest BCUT2D eigenvalue weighted by atomic mass is 10.2. The molecule has 0 atom stereocenters. The van der Waals surface area contributed by atoms with Crippen LogP contribution in [0.4, 0.5) is 5.69 Å². The van der Waals surface area contributed by atoms with Crippen molar-refractivity contribution in [2.75, 3.05) is 0 Å². The van der Waals surface area contributed by atoms with E-state index in [0.29, 0.717) is 11.4 Å². The average Bonchev–Trinajstić information content (AvgIpc) is 2.30. The Hall–Kier alpha value is -2.30. The molecule has 0 amide bonds. The fourth-order valence-corrected chi connectivity index (χ4v) is 1.16. The highest BCUT2D eigenvalue weighted by Crippen LogP contribution is 2.16. The third-order valence-electron chi connectivity index (χ3n) is 1.89. The van der Waals surface area contributed by atoms with Crippen molar-refractivity contribution in [3.05, 3.63) is 52.8 Å². The molecule has 0 bridgehead atoms. The minimum absolute atomic E-state index is 0.0188. The molecular formula is C10H7N3O2. The summed E-state index contributed by atoms with van der Waals surface area (Å²) < 4.78 is 0. The van der Waals surface area contributed by atoms with Crippen molar-refractivity contribution in [3.8, 4) is 11.4 Å². The Morgan fingerprint density at radius 1 is 1.07 bits per heavy atom. The third kappa shape index (κ3) is 1.96. The lowest BCUT2D eigenvalue weighted by Gasteiger charge is -1.97. The van der Waals surface area contributed by atoms with Gasteiger partial charge in [-0.2, -0.15) is 0 Å². The zero-order chi connectivity index (χ0) is 10.7. The number of pyridine rings is 2. The fraction of sp³-hybridized carbons (Fsp3) is 0. The predicted molar refractivity (Wildman–Crippen MR) is 54.1 cm³/mol. The molecule has 0 saturated heterocycles. The molecule has 0 unspecified atom stereocenters. The Labute approximate surface area is 85.6 Å². The van der Waals surface area contributed by atoms with Crippen LogP contribution in [0.5, 0.6) is 0 Å². The van der Waals surface area contributed by atoms with E-state index in [-0.39, 0.29) is 5.69 Å². The molecule has 0 saturated carbocycles. The lowest BCUT2D eigenvalue weighted by molar-refractivity contribution is -0.385. The molecule has 0 aliphatic rings. The SMILES string of the molecule is O=[N+]([O-])c1ccc(-c2ccccn2)nc1. The third-order valence-corrected chi connectivity index (χ3v) is 1.89. The molecule has 2 heterocycles. The molecule has 2 rings (SSSR count). The second-order valence-electron chi connectivity index (χ2n) is 2.87. The zero-order valence-corrected chi connectivity index (χ0v) is 7.70. The fourth-order valence-electron chi connectivity index (χ4n) is 1.16. The smallest absolute Gasteiger partial charge is 0.258 e. The van der Waals surface area contributed by atoms with E-state index in [0.717, 1.165) is 0 Å². The number of hydrogen-bond acceptors (Lipinski definition) is 4. The van der Waals surface area contributed by atoms with Gasteiger partial charge in [0.05, 0.1) is 16.3 Å². The van der Waals surface area contributed by atoms with Crippen LogP contribution in [0.25, 0.3) is 11.4 Å². The molecule has 5 nitrogen and oxygen atoms in total. The maximum atomic E-state index is 10.4. The second kappa shape index (κ2) is 3.83. The molecule has 15 heavy (non-hydrogen) atoms. The molecule has 5 heteroatoms. The van der Waals surface area contributed by atoms with Crippen molar-refractivity contribution in [2.24, 2.45) is 0 Å². The van der Waals surface area contributed by atoms with Crippen LogP contribution in [-0.2, 0) is 0 Å². The van der Waals surface area contributed by atoms with Crippen molar-refractivity contribution >= 4 is 5.69 Å². The highest BCUT2D eigenvalue weighted by atomic mass is 16.6. The Morgan fingerprint density at radius 3 is 2.40 bits per heavy atom.